The van der Waals surface area contributed by atoms with Gasteiger partial charge in [-0.05, 0) is 32.4 Å². The minimum absolute atomic E-state index is 0.135. The zero-order valence-corrected chi connectivity index (χ0v) is 14.2. The molecule has 23 heavy (non-hydrogen) atoms. The van der Waals surface area contributed by atoms with Crippen molar-refractivity contribution >= 4 is 17.7 Å². The number of aromatic nitrogens is 2. The summed E-state index contributed by atoms with van der Waals surface area (Å²) in [5, 5.41) is 3.16. The quantitative estimate of drug-likeness (QED) is 0.865. The van der Waals surface area contributed by atoms with Crippen molar-refractivity contribution in [3.63, 3.8) is 0 Å². The highest BCUT2D eigenvalue weighted by atomic mass is 35.5. The van der Waals surface area contributed by atoms with Crippen LogP contribution in [0.5, 0.6) is 0 Å². The maximum absolute atomic E-state index is 11.9. The van der Waals surface area contributed by atoms with Crippen LogP contribution in [0.15, 0.2) is 42.7 Å². The molecule has 2 aromatic rings. The number of nitrogens with zero attached hydrogens (tertiary/aromatic N) is 2. The Morgan fingerprint density at radius 2 is 1.96 bits per heavy atom. The Labute approximate surface area is 141 Å². The molecule has 1 heterocycles. The number of nitrogens with one attached hydrogen (secondary N) is 1. The Kier molecular flexibility index (Phi) is 5.55. The van der Waals surface area contributed by atoms with Gasteiger partial charge in [0, 0.05) is 12.5 Å². The monoisotopic (exact) mass is 333 g/mol. The smallest absolute Gasteiger partial charge is 0.407 e. The van der Waals surface area contributed by atoms with E-state index in [1.807, 2.05) is 51.1 Å². The fourth-order valence-corrected chi connectivity index (χ4v) is 2.27. The van der Waals surface area contributed by atoms with Gasteiger partial charge in [0.15, 0.2) is 0 Å². The van der Waals surface area contributed by atoms with E-state index in [1.165, 1.54) is 6.33 Å². The summed E-state index contributed by atoms with van der Waals surface area (Å²) in [5.41, 5.74) is 1.23. The zero-order chi connectivity index (χ0) is 16.9. The topological polar surface area (TPSA) is 64.1 Å². The first-order valence-electron chi connectivity index (χ1n) is 7.34. The summed E-state index contributed by atoms with van der Waals surface area (Å²) in [6.07, 6.45) is 0.958. The Balaban J connectivity index is 2.17. The summed E-state index contributed by atoms with van der Waals surface area (Å²) in [4.78, 5) is 20.1. The van der Waals surface area contributed by atoms with Gasteiger partial charge in [-0.1, -0.05) is 41.9 Å². The number of rotatable bonds is 4. The molecule has 0 saturated heterocycles. The first-order valence-corrected chi connectivity index (χ1v) is 7.72. The van der Waals surface area contributed by atoms with Gasteiger partial charge in [0.1, 0.15) is 17.1 Å². The summed E-state index contributed by atoms with van der Waals surface area (Å²) in [7, 11) is 0. The van der Waals surface area contributed by atoms with Crippen LogP contribution in [0.2, 0.25) is 5.15 Å². The molecule has 1 aromatic carbocycles. The van der Waals surface area contributed by atoms with Gasteiger partial charge in [0.05, 0.1) is 5.69 Å². The third-order valence-corrected chi connectivity index (χ3v) is 3.27. The van der Waals surface area contributed by atoms with Crippen molar-refractivity contribution < 1.29 is 9.53 Å². The van der Waals surface area contributed by atoms with Gasteiger partial charge in [-0.2, -0.15) is 0 Å². The van der Waals surface area contributed by atoms with Crippen LogP contribution in [0.4, 0.5) is 4.79 Å². The number of hydrogen-bond acceptors (Lipinski definition) is 4. The number of hydrogen-bond donors (Lipinski definition) is 1. The molecule has 0 aliphatic rings. The number of ether oxygens (including phenoxy) is 1. The molecule has 5 nitrogen and oxygen atoms in total. The molecular formula is C17H20ClN3O2. The summed E-state index contributed by atoms with van der Waals surface area (Å²) >= 11 is 5.96. The van der Waals surface area contributed by atoms with E-state index < -0.39 is 11.7 Å². The summed E-state index contributed by atoms with van der Waals surface area (Å²) < 4.78 is 5.27. The standard InChI is InChI=1S/C17H20ClN3O2/c1-17(2,3)23-16(22)19-10-13(12-7-5-4-6-8-12)14-9-15(18)21-11-20-14/h4-9,11,13H,10H2,1-3H3,(H,19,22). The first kappa shape index (κ1) is 17.2. The van der Waals surface area contributed by atoms with E-state index >= 15 is 0 Å². The second-order valence-corrected chi connectivity index (χ2v) is 6.50. The van der Waals surface area contributed by atoms with E-state index in [4.69, 9.17) is 16.3 Å². The fourth-order valence-electron chi connectivity index (χ4n) is 2.12. The van der Waals surface area contributed by atoms with Crippen LogP contribution >= 0.6 is 11.6 Å². The van der Waals surface area contributed by atoms with Gasteiger partial charge < -0.3 is 10.1 Å². The van der Waals surface area contributed by atoms with Crippen LogP contribution in [0.1, 0.15) is 37.9 Å². The molecule has 1 atom stereocenters. The molecule has 0 saturated carbocycles. The fraction of sp³-hybridized carbons (Fsp3) is 0.353. The molecule has 6 heteroatoms. The SMILES string of the molecule is CC(C)(C)OC(=O)NCC(c1ccccc1)c1cc(Cl)ncn1. The largest absolute Gasteiger partial charge is 0.444 e. The molecule has 0 aliphatic carbocycles. The summed E-state index contributed by atoms with van der Waals surface area (Å²) in [5.74, 6) is -0.135. The van der Waals surface area contributed by atoms with Crippen molar-refractivity contribution in [1.82, 2.24) is 15.3 Å². The van der Waals surface area contributed by atoms with Crippen LogP contribution in [0.25, 0.3) is 0 Å². The van der Waals surface area contributed by atoms with Crippen molar-refractivity contribution in [3.8, 4) is 0 Å². The van der Waals surface area contributed by atoms with Crippen LogP contribution in [-0.4, -0.2) is 28.2 Å². The van der Waals surface area contributed by atoms with E-state index in [2.05, 4.69) is 15.3 Å². The predicted molar refractivity (Wildman–Crippen MR) is 89.6 cm³/mol. The van der Waals surface area contributed by atoms with Gasteiger partial charge in [0.2, 0.25) is 0 Å². The van der Waals surface area contributed by atoms with Crippen molar-refractivity contribution in [2.45, 2.75) is 32.3 Å². The first-order chi connectivity index (χ1) is 10.8. The Morgan fingerprint density at radius 3 is 2.57 bits per heavy atom. The average Bonchev–Trinajstić information content (AvgIpc) is 2.47. The van der Waals surface area contributed by atoms with Crippen molar-refractivity contribution in [1.29, 1.82) is 0 Å². The predicted octanol–water partition coefficient (Wildman–Crippen LogP) is 3.79. The lowest BCUT2D eigenvalue weighted by Gasteiger charge is -2.22. The number of benzene rings is 1. The molecule has 0 aliphatic heterocycles. The Morgan fingerprint density at radius 1 is 1.26 bits per heavy atom. The maximum Gasteiger partial charge on any atom is 0.407 e. The molecule has 1 amide bonds. The number of amides is 1. The molecule has 1 N–H and O–H groups in total. The lowest BCUT2D eigenvalue weighted by molar-refractivity contribution is 0.0526. The minimum Gasteiger partial charge on any atom is -0.444 e. The third kappa shape index (κ3) is 5.53. The van der Waals surface area contributed by atoms with E-state index in [-0.39, 0.29) is 5.92 Å². The van der Waals surface area contributed by atoms with Crippen LogP contribution in [0, 0.1) is 0 Å². The maximum atomic E-state index is 11.9. The molecule has 1 aromatic heterocycles. The van der Waals surface area contributed by atoms with Gasteiger partial charge in [0.25, 0.3) is 0 Å². The molecule has 1 unspecified atom stereocenters. The molecule has 0 spiro atoms. The lowest BCUT2D eigenvalue weighted by atomic mass is 9.95. The van der Waals surface area contributed by atoms with Crippen molar-refractivity contribution in [3.05, 3.63) is 59.1 Å². The van der Waals surface area contributed by atoms with E-state index in [0.717, 1.165) is 11.3 Å². The third-order valence-electron chi connectivity index (χ3n) is 3.06. The highest BCUT2D eigenvalue weighted by Crippen LogP contribution is 2.23. The van der Waals surface area contributed by atoms with Crippen LogP contribution < -0.4 is 5.32 Å². The highest BCUT2D eigenvalue weighted by molar-refractivity contribution is 6.29. The summed E-state index contributed by atoms with van der Waals surface area (Å²) in [6, 6.07) is 11.5. The number of carbonyl (C=O) groups is 1. The Bertz CT molecular complexity index is 656. The number of carbonyl (C=O) groups excluding carboxylic acids is 1. The second-order valence-electron chi connectivity index (χ2n) is 6.11. The normalized spacial score (nSPS) is 12.5. The van der Waals surface area contributed by atoms with Gasteiger partial charge >= 0.3 is 6.09 Å². The van der Waals surface area contributed by atoms with Crippen LogP contribution in [0.3, 0.4) is 0 Å². The summed E-state index contributed by atoms with van der Waals surface area (Å²) in [6.45, 7) is 5.83. The molecular weight excluding hydrogens is 314 g/mol. The lowest BCUT2D eigenvalue weighted by Crippen LogP contribution is -2.35. The second kappa shape index (κ2) is 7.42. The minimum atomic E-state index is -0.537. The molecule has 0 bridgehead atoms. The van der Waals surface area contributed by atoms with E-state index in [9.17, 15) is 4.79 Å². The van der Waals surface area contributed by atoms with Crippen LogP contribution in [-0.2, 0) is 4.74 Å². The number of halogens is 1. The molecule has 2 rings (SSSR count). The number of alkyl carbamates (subject to hydrolysis) is 1. The molecule has 122 valence electrons. The van der Waals surface area contributed by atoms with Gasteiger partial charge in [-0.3, -0.25) is 0 Å². The van der Waals surface area contributed by atoms with Crippen molar-refractivity contribution in [2.24, 2.45) is 0 Å². The van der Waals surface area contributed by atoms with Crippen molar-refractivity contribution in [2.75, 3.05) is 6.54 Å². The Hall–Kier alpha value is -2.14. The van der Waals surface area contributed by atoms with Gasteiger partial charge in [-0.15, -0.1) is 0 Å². The van der Waals surface area contributed by atoms with E-state index in [1.54, 1.807) is 6.07 Å². The average molecular weight is 334 g/mol. The highest BCUT2D eigenvalue weighted by Gasteiger charge is 2.20. The molecule has 0 radical (unpaired) electrons. The zero-order valence-electron chi connectivity index (χ0n) is 13.4. The molecule has 0 fully saturated rings. The van der Waals surface area contributed by atoms with Gasteiger partial charge in [-0.25, -0.2) is 14.8 Å². The van der Waals surface area contributed by atoms with E-state index in [0.29, 0.717) is 11.7 Å².